The molecule has 0 aliphatic rings. The molecule has 0 fully saturated rings. The zero-order chi connectivity index (χ0) is 16.3. The summed E-state index contributed by atoms with van der Waals surface area (Å²) in [4.78, 5) is 4.09. The number of aromatic nitrogens is 3. The Labute approximate surface area is 137 Å². The molecule has 0 aliphatic carbocycles. The molecule has 118 valence electrons. The summed E-state index contributed by atoms with van der Waals surface area (Å²) in [5.41, 5.74) is 0.525. The molecule has 0 amide bonds. The van der Waals surface area contributed by atoms with E-state index < -0.39 is 15.9 Å². The molecule has 0 bridgehead atoms. The van der Waals surface area contributed by atoms with Crippen LogP contribution < -0.4 is 0 Å². The third-order valence-electron chi connectivity index (χ3n) is 3.13. The first-order chi connectivity index (χ1) is 11.1. The number of aliphatic hydroxyl groups excluding tert-OH is 1. The molecule has 6 nitrogen and oxygen atoms in total. The van der Waals surface area contributed by atoms with Gasteiger partial charge in [-0.05, 0) is 29.7 Å². The van der Waals surface area contributed by atoms with Crippen molar-refractivity contribution in [1.29, 1.82) is 0 Å². The zero-order valence-electron chi connectivity index (χ0n) is 11.8. The first-order valence-electron chi connectivity index (χ1n) is 6.68. The lowest BCUT2D eigenvalue weighted by Gasteiger charge is -2.04. The van der Waals surface area contributed by atoms with E-state index >= 15 is 0 Å². The summed E-state index contributed by atoms with van der Waals surface area (Å²) < 4.78 is 25.6. The van der Waals surface area contributed by atoms with Gasteiger partial charge < -0.3 is 5.11 Å². The summed E-state index contributed by atoms with van der Waals surface area (Å²) in [7, 11) is -3.58. The quantitative estimate of drug-likeness (QED) is 0.739. The van der Waals surface area contributed by atoms with E-state index in [1.54, 1.807) is 47.9 Å². The SMILES string of the molecule is O=S(=O)(c1ccccc1)c1sccc1C=CC(O)c1ncn[nH]1. The smallest absolute Gasteiger partial charge is 0.216 e. The maximum Gasteiger partial charge on any atom is 0.216 e. The zero-order valence-corrected chi connectivity index (χ0v) is 13.5. The molecule has 3 rings (SSSR count). The second kappa shape index (κ2) is 6.45. The van der Waals surface area contributed by atoms with E-state index in [4.69, 9.17) is 0 Å². The number of sulfone groups is 1. The van der Waals surface area contributed by atoms with Crippen molar-refractivity contribution in [2.45, 2.75) is 15.2 Å². The lowest BCUT2D eigenvalue weighted by atomic mass is 10.2. The number of nitrogens with zero attached hydrogens (tertiary/aromatic N) is 2. The van der Waals surface area contributed by atoms with Gasteiger partial charge in [0.1, 0.15) is 16.6 Å². The van der Waals surface area contributed by atoms with Gasteiger partial charge in [-0.1, -0.05) is 24.3 Å². The van der Waals surface area contributed by atoms with E-state index in [9.17, 15) is 13.5 Å². The highest BCUT2D eigenvalue weighted by Crippen LogP contribution is 2.30. The third-order valence-corrected chi connectivity index (χ3v) is 6.41. The van der Waals surface area contributed by atoms with Crippen LogP contribution in [0.1, 0.15) is 17.5 Å². The Kier molecular flexibility index (Phi) is 4.37. The molecule has 3 aromatic rings. The first-order valence-corrected chi connectivity index (χ1v) is 9.04. The third kappa shape index (κ3) is 3.24. The highest BCUT2D eigenvalue weighted by Gasteiger charge is 2.21. The molecular formula is C15H13N3O3S2. The second-order valence-electron chi connectivity index (χ2n) is 4.65. The number of hydrogen-bond donors (Lipinski definition) is 2. The molecule has 2 heterocycles. The molecule has 2 N–H and O–H groups in total. The minimum atomic E-state index is -3.58. The summed E-state index contributed by atoms with van der Waals surface area (Å²) in [6, 6.07) is 9.96. The summed E-state index contributed by atoms with van der Waals surface area (Å²) in [5.74, 6) is 0.295. The molecule has 8 heteroatoms. The van der Waals surface area contributed by atoms with Gasteiger partial charge in [0.15, 0.2) is 5.82 Å². The van der Waals surface area contributed by atoms with Crippen molar-refractivity contribution in [2.24, 2.45) is 0 Å². The van der Waals surface area contributed by atoms with Crippen LogP contribution in [-0.2, 0) is 9.84 Å². The van der Waals surface area contributed by atoms with Gasteiger partial charge in [0.25, 0.3) is 0 Å². The van der Waals surface area contributed by atoms with Gasteiger partial charge in [-0.15, -0.1) is 11.3 Å². The number of hydrogen-bond acceptors (Lipinski definition) is 6. The van der Waals surface area contributed by atoms with Crippen molar-refractivity contribution in [2.75, 3.05) is 0 Å². The molecule has 0 saturated carbocycles. The van der Waals surface area contributed by atoms with E-state index in [-0.39, 0.29) is 9.10 Å². The molecular weight excluding hydrogens is 334 g/mol. The topological polar surface area (TPSA) is 95.9 Å². The average molecular weight is 347 g/mol. The van der Waals surface area contributed by atoms with Gasteiger partial charge >= 0.3 is 0 Å². The number of thiophene rings is 1. The van der Waals surface area contributed by atoms with Gasteiger partial charge in [-0.25, -0.2) is 13.4 Å². The molecule has 1 unspecified atom stereocenters. The largest absolute Gasteiger partial charge is 0.381 e. The van der Waals surface area contributed by atoms with Crippen LogP contribution in [0.5, 0.6) is 0 Å². The van der Waals surface area contributed by atoms with Gasteiger partial charge in [0.2, 0.25) is 9.84 Å². The Hall–Kier alpha value is -2.29. The molecule has 0 radical (unpaired) electrons. The molecule has 23 heavy (non-hydrogen) atoms. The molecule has 2 aromatic heterocycles. The van der Waals surface area contributed by atoms with Crippen LogP contribution in [0.15, 0.2) is 63.3 Å². The fourth-order valence-corrected chi connectivity index (χ4v) is 4.75. The summed E-state index contributed by atoms with van der Waals surface area (Å²) in [6.07, 6.45) is 3.35. The standard InChI is InChI=1S/C15H13N3O3S2/c19-13(14-16-10-17-18-14)7-6-11-8-9-22-15(11)23(20,21)12-4-2-1-3-5-12/h1-10,13,19H,(H,16,17,18). The minimum absolute atomic E-state index is 0.240. The van der Waals surface area contributed by atoms with Crippen molar-refractivity contribution >= 4 is 27.3 Å². The van der Waals surface area contributed by atoms with Crippen LogP contribution in [0.4, 0.5) is 0 Å². The van der Waals surface area contributed by atoms with Crippen LogP contribution >= 0.6 is 11.3 Å². The van der Waals surface area contributed by atoms with Gasteiger partial charge in [0, 0.05) is 5.56 Å². The van der Waals surface area contributed by atoms with E-state index in [0.29, 0.717) is 11.4 Å². The minimum Gasteiger partial charge on any atom is -0.381 e. The van der Waals surface area contributed by atoms with Crippen LogP contribution in [0, 0.1) is 0 Å². The van der Waals surface area contributed by atoms with Crippen LogP contribution in [0.2, 0.25) is 0 Å². The fraction of sp³-hybridized carbons (Fsp3) is 0.0667. The van der Waals surface area contributed by atoms with Crippen molar-refractivity contribution in [3.63, 3.8) is 0 Å². The number of nitrogens with one attached hydrogen (secondary N) is 1. The highest BCUT2D eigenvalue weighted by atomic mass is 32.2. The van der Waals surface area contributed by atoms with Crippen molar-refractivity contribution in [3.05, 3.63) is 65.6 Å². The van der Waals surface area contributed by atoms with E-state index in [2.05, 4.69) is 15.2 Å². The number of aliphatic hydroxyl groups is 1. The van der Waals surface area contributed by atoms with Crippen LogP contribution in [0.3, 0.4) is 0 Å². The van der Waals surface area contributed by atoms with E-state index in [0.717, 1.165) is 11.3 Å². The average Bonchev–Trinajstić information content (AvgIpc) is 3.25. The van der Waals surface area contributed by atoms with Gasteiger partial charge in [-0.2, -0.15) is 5.10 Å². The van der Waals surface area contributed by atoms with E-state index in [1.807, 2.05) is 0 Å². The lowest BCUT2D eigenvalue weighted by molar-refractivity contribution is 0.219. The number of aromatic amines is 1. The Morgan fingerprint density at radius 2 is 2.00 bits per heavy atom. The molecule has 0 spiro atoms. The van der Waals surface area contributed by atoms with Crippen LogP contribution in [-0.4, -0.2) is 28.7 Å². The first kappa shape index (κ1) is 15.6. The van der Waals surface area contributed by atoms with Crippen LogP contribution in [0.25, 0.3) is 6.08 Å². The second-order valence-corrected chi connectivity index (χ2v) is 7.72. The highest BCUT2D eigenvalue weighted by molar-refractivity contribution is 7.93. The lowest BCUT2D eigenvalue weighted by Crippen LogP contribution is -2.01. The Bertz CT molecular complexity index is 901. The summed E-state index contributed by atoms with van der Waals surface area (Å²) in [6.45, 7) is 0. The molecule has 0 saturated heterocycles. The number of H-pyrrole nitrogens is 1. The number of benzene rings is 1. The molecule has 0 aliphatic heterocycles. The Morgan fingerprint density at radius 3 is 2.70 bits per heavy atom. The normalized spacial score (nSPS) is 13.4. The Balaban J connectivity index is 1.91. The van der Waals surface area contributed by atoms with Crippen molar-refractivity contribution in [3.8, 4) is 0 Å². The maximum atomic E-state index is 12.7. The maximum absolute atomic E-state index is 12.7. The number of rotatable bonds is 5. The summed E-state index contributed by atoms with van der Waals surface area (Å²) >= 11 is 1.14. The molecule has 1 atom stereocenters. The summed E-state index contributed by atoms with van der Waals surface area (Å²) in [5, 5.41) is 17.9. The van der Waals surface area contributed by atoms with Crippen molar-refractivity contribution in [1.82, 2.24) is 15.2 Å². The predicted octanol–water partition coefficient (Wildman–Crippen LogP) is 2.45. The van der Waals surface area contributed by atoms with Gasteiger partial charge in [-0.3, -0.25) is 5.10 Å². The Morgan fingerprint density at radius 1 is 1.22 bits per heavy atom. The van der Waals surface area contributed by atoms with E-state index in [1.165, 1.54) is 12.4 Å². The molecule has 1 aromatic carbocycles. The predicted molar refractivity (Wildman–Crippen MR) is 86.6 cm³/mol. The monoisotopic (exact) mass is 347 g/mol. The van der Waals surface area contributed by atoms with Gasteiger partial charge in [0.05, 0.1) is 4.90 Å². The fourth-order valence-electron chi connectivity index (χ4n) is 2.00. The van der Waals surface area contributed by atoms with Crippen molar-refractivity contribution < 1.29 is 13.5 Å².